The summed E-state index contributed by atoms with van der Waals surface area (Å²) < 4.78 is 5.15. The molecule has 1 saturated carbocycles. The minimum Gasteiger partial charge on any atom is -0.494 e. The van der Waals surface area contributed by atoms with Crippen molar-refractivity contribution in [2.75, 3.05) is 19.4 Å². The van der Waals surface area contributed by atoms with Crippen molar-refractivity contribution in [2.24, 2.45) is 5.92 Å². The smallest absolute Gasteiger partial charge is 0.255 e. The van der Waals surface area contributed by atoms with Gasteiger partial charge in [0.05, 0.1) is 24.5 Å². The fourth-order valence-corrected chi connectivity index (χ4v) is 2.54. The SMILES string of the molecule is COc1c(N)cccc1C(=O)NCC1CCCC1O. The molecular weight excluding hydrogens is 244 g/mol. The molecule has 1 amide bonds. The second-order valence-electron chi connectivity index (χ2n) is 4.90. The van der Waals surface area contributed by atoms with Crippen LogP contribution in [-0.2, 0) is 0 Å². The molecule has 1 aromatic rings. The number of ether oxygens (including phenoxy) is 1. The Hall–Kier alpha value is -1.75. The van der Waals surface area contributed by atoms with E-state index in [0.29, 0.717) is 23.5 Å². The summed E-state index contributed by atoms with van der Waals surface area (Å²) in [5.41, 5.74) is 6.63. The molecule has 1 aromatic carbocycles. The van der Waals surface area contributed by atoms with Gasteiger partial charge in [-0.25, -0.2) is 0 Å². The summed E-state index contributed by atoms with van der Waals surface area (Å²) in [6.07, 6.45) is 2.49. The number of amides is 1. The Morgan fingerprint density at radius 3 is 2.95 bits per heavy atom. The van der Waals surface area contributed by atoms with Crippen molar-refractivity contribution in [3.8, 4) is 5.75 Å². The molecule has 1 aliphatic carbocycles. The second kappa shape index (κ2) is 5.93. The number of para-hydroxylation sites is 1. The lowest BCUT2D eigenvalue weighted by atomic mass is 10.1. The van der Waals surface area contributed by atoms with E-state index in [4.69, 9.17) is 10.5 Å². The first-order chi connectivity index (χ1) is 9.13. The van der Waals surface area contributed by atoms with Crippen molar-refractivity contribution in [1.82, 2.24) is 5.32 Å². The molecule has 5 nitrogen and oxygen atoms in total. The topological polar surface area (TPSA) is 84.6 Å². The quantitative estimate of drug-likeness (QED) is 0.713. The van der Waals surface area contributed by atoms with Crippen molar-refractivity contribution in [3.05, 3.63) is 23.8 Å². The third kappa shape index (κ3) is 2.98. The largest absolute Gasteiger partial charge is 0.494 e. The van der Waals surface area contributed by atoms with Gasteiger partial charge in [0.15, 0.2) is 5.75 Å². The lowest BCUT2D eigenvalue weighted by Crippen LogP contribution is -2.32. The number of nitrogens with two attached hydrogens (primary N) is 1. The first-order valence-electron chi connectivity index (χ1n) is 6.52. The van der Waals surface area contributed by atoms with E-state index in [-0.39, 0.29) is 17.9 Å². The molecule has 0 saturated heterocycles. The van der Waals surface area contributed by atoms with Crippen LogP contribution in [0.3, 0.4) is 0 Å². The molecule has 0 bridgehead atoms. The average Bonchev–Trinajstić information content (AvgIpc) is 2.81. The number of carbonyl (C=O) groups is 1. The van der Waals surface area contributed by atoms with Crippen LogP contribution in [0.15, 0.2) is 18.2 Å². The fourth-order valence-electron chi connectivity index (χ4n) is 2.54. The van der Waals surface area contributed by atoms with Crippen molar-refractivity contribution in [2.45, 2.75) is 25.4 Å². The summed E-state index contributed by atoms with van der Waals surface area (Å²) in [6, 6.07) is 5.09. The first kappa shape index (κ1) is 13.7. The lowest BCUT2D eigenvalue weighted by Gasteiger charge is -2.16. The normalized spacial score (nSPS) is 22.2. The summed E-state index contributed by atoms with van der Waals surface area (Å²) in [5, 5.41) is 12.6. The van der Waals surface area contributed by atoms with Crippen molar-refractivity contribution in [1.29, 1.82) is 0 Å². The van der Waals surface area contributed by atoms with Gasteiger partial charge in [0.2, 0.25) is 0 Å². The van der Waals surface area contributed by atoms with E-state index in [9.17, 15) is 9.90 Å². The number of rotatable bonds is 4. The molecule has 104 valence electrons. The molecule has 2 rings (SSSR count). The van der Waals surface area contributed by atoms with Crippen LogP contribution in [0.5, 0.6) is 5.75 Å². The van der Waals surface area contributed by atoms with Crippen LogP contribution >= 0.6 is 0 Å². The monoisotopic (exact) mass is 264 g/mol. The predicted octanol–water partition coefficient (Wildman–Crippen LogP) is 1.17. The van der Waals surface area contributed by atoms with Gasteiger partial charge in [0.1, 0.15) is 0 Å². The minimum absolute atomic E-state index is 0.149. The number of aliphatic hydroxyl groups excluding tert-OH is 1. The maximum absolute atomic E-state index is 12.1. The number of hydrogen-bond donors (Lipinski definition) is 3. The third-order valence-electron chi connectivity index (χ3n) is 3.64. The number of nitrogens with one attached hydrogen (secondary N) is 1. The summed E-state index contributed by atoms with van der Waals surface area (Å²) in [6.45, 7) is 0.484. The number of anilines is 1. The van der Waals surface area contributed by atoms with E-state index in [1.54, 1.807) is 18.2 Å². The van der Waals surface area contributed by atoms with Crippen LogP contribution in [0.1, 0.15) is 29.6 Å². The van der Waals surface area contributed by atoms with Gasteiger partial charge < -0.3 is 20.9 Å². The number of carbonyl (C=O) groups excluding carboxylic acids is 1. The van der Waals surface area contributed by atoms with Crippen LogP contribution in [-0.4, -0.2) is 30.8 Å². The van der Waals surface area contributed by atoms with E-state index in [1.165, 1.54) is 7.11 Å². The zero-order valence-electron chi connectivity index (χ0n) is 11.1. The van der Waals surface area contributed by atoms with Crippen LogP contribution in [0.2, 0.25) is 0 Å². The summed E-state index contributed by atoms with van der Waals surface area (Å²) in [7, 11) is 1.49. The van der Waals surface area contributed by atoms with Crippen molar-refractivity contribution in [3.63, 3.8) is 0 Å². The summed E-state index contributed by atoms with van der Waals surface area (Å²) in [4.78, 5) is 12.1. The van der Waals surface area contributed by atoms with Crippen molar-refractivity contribution >= 4 is 11.6 Å². The van der Waals surface area contributed by atoms with Crippen LogP contribution in [0.4, 0.5) is 5.69 Å². The Kier molecular flexibility index (Phi) is 4.27. The summed E-state index contributed by atoms with van der Waals surface area (Å²) in [5.74, 6) is 0.325. The molecule has 5 heteroatoms. The highest BCUT2D eigenvalue weighted by atomic mass is 16.5. The molecule has 4 N–H and O–H groups in total. The van der Waals surface area contributed by atoms with Crippen LogP contribution < -0.4 is 15.8 Å². The van der Waals surface area contributed by atoms with Crippen LogP contribution in [0.25, 0.3) is 0 Å². The number of hydrogen-bond acceptors (Lipinski definition) is 4. The molecule has 1 fully saturated rings. The Morgan fingerprint density at radius 1 is 1.53 bits per heavy atom. The highest BCUT2D eigenvalue weighted by molar-refractivity contribution is 5.98. The maximum atomic E-state index is 12.1. The van der Waals surface area contributed by atoms with Gasteiger partial charge in [-0.3, -0.25) is 4.79 Å². The molecule has 0 aromatic heterocycles. The fraction of sp³-hybridized carbons (Fsp3) is 0.500. The molecule has 1 aliphatic rings. The van der Waals surface area contributed by atoms with Gasteiger partial charge in [0.25, 0.3) is 5.91 Å². The van der Waals surface area contributed by atoms with Gasteiger partial charge in [-0.1, -0.05) is 12.5 Å². The van der Waals surface area contributed by atoms with E-state index in [2.05, 4.69) is 5.32 Å². The van der Waals surface area contributed by atoms with Gasteiger partial charge >= 0.3 is 0 Å². The average molecular weight is 264 g/mol. The lowest BCUT2D eigenvalue weighted by molar-refractivity contribution is 0.0914. The van der Waals surface area contributed by atoms with Gasteiger partial charge in [-0.2, -0.15) is 0 Å². The van der Waals surface area contributed by atoms with Crippen molar-refractivity contribution < 1.29 is 14.6 Å². The van der Waals surface area contributed by atoms with Crippen LogP contribution in [0, 0.1) is 5.92 Å². The predicted molar refractivity (Wildman–Crippen MR) is 73.1 cm³/mol. The van der Waals surface area contributed by atoms with Gasteiger partial charge in [0, 0.05) is 12.5 Å². The van der Waals surface area contributed by atoms with E-state index in [0.717, 1.165) is 19.3 Å². The number of methoxy groups -OCH3 is 1. The zero-order valence-corrected chi connectivity index (χ0v) is 11.1. The highest BCUT2D eigenvalue weighted by Crippen LogP contribution is 2.27. The molecule has 0 heterocycles. The Morgan fingerprint density at radius 2 is 2.32 bits per heavy atom. The number of aliphatic hydroxyl groups is 1. The maximum Gasteiger partial charge on any atom is 0.255 e. The zero-order chi connectivity index (χ0) is 13.8. The molecule has 0 radical (unpaired) electrons. The molecule has 19 heavy (non-hydrogen) atoms. The standard InChI is InChI=1S/C14H20N2O3/c1-19-13-10(5-3-6-11(13)15)14(18)16-8-9-4-2-7-12(9)17/h3,5-6,9,12,17H,2,4,7-8,15H2,1H3,(H,16,18). The van der Waals surface area contributed by atoms with E-state index >= 15 is 0 Å². The van der Waals surface area contributed by atoms with Gasteiger partial charge in [-0.15, -0.1) is 0 Å². The molecular formula is C14H20N2O3. The Balaban J connectivity index is 2.02. The van der Waals surface area contributed by atoms with E-state index < -0.39 is 0 Å². The molecule has 2 unspecified atom stereocenters. The molecule has 0 aliphatic heterocycles. The Bertz CT molecular complexity index is 462. The second-order valence-corrected chi connectivity index (χ2v) is 4.90. The molecule has 2 atom stereocenters. The van der Waals surface area contributed by atoms with E-state index in [1.807, 2.05) is 0 Å². The summed E-state index contributed by atoms with van der Waals surface area (Å²) >= 11 is 0. The Labute approximate surface area is 112 Å². The van der Waals surface area contributed by atoms with Gasteiger partial charge in [-0.05, 0) is 25.0 Å². The number of nitrogen functional groups attached to an aromatic ring is 1. The minimum atomic E-state index is -0.303. The molecule has 0 spiro atoms. The third-order valence-corrected chi connectivity index (χ3v) is 3.64. The first-order valence-corrected chi connectivity index (χ1v) is 6.52. The highest BCUT2D eigenvalue weighted by Gasteiger charge is 2.26. The number of benzene rings is 1.